The number of rotatable bonds is 15. The first kappa shape index (κ1) is 28.0. The van der Waals surface area contributed by atoms with Gasteiger partial charge in [-0.05, 0) is 36.8 Å². The average Bonchev–Trinajstić information content (AvgIpc) is 2.78. The first-order valence-corrected chi connectivity index (χ1v) is 12.1. The third-order valence-electron chi connectivity index (χ3n) is 4.68. The van der Waals surface area contributed by atoms with Crippen molar-refractivity contribution in [1.29, 1.82) is 0 Å². The lowest BCUT2D eigenvalue weighted by molar-refractivity contribution is -0.132. The molecule has 3 atom stereocenters. The minimum atomic E-state index is -0.850. The van der Waals surface area contributed by atoms with E-state index in [0.717, 1.165) is 5.56 Å². The Morgan fingerprint density at radius 1 is 1.03 bits per heavy atom. The molecule has 0 fully saturated rings. The monoisotopic (exact) mass is 478 g/mol. The molecule has 0 unspecified atom stereocenters. The number of guanidine groups is 1. The molecular weight excluding hydrogens is 444 g/mol. The van der Waals surface area contributed by atoms with E-state index in [0.29, 0.717) is 37.8 Å². The van der Waals surface area contributed by atoms with Crippen molar-refractivity contribution in [2.45, 2.75) is 50.7 Å². The van der Waals surface area contributed by atoms with E-state index in [4.69, 9.17) is 11.5 Å². The normalized spacial score (nSPS) is 13.2. The maximum absolute atomic E-state index is 13.0. The van der Waals surface area contributed by atoms with Gasteiger partial charge in [0.25, 0.3) is 0 Å². The van der Waals surface area contributed by atoms with Crippen LogP contribution in [0.25, 0.3) is 0 Å². The number of carbonyl (C=O) groups excluding carboxylic acids is 4. The molecule has 0 spiro atoms. The summed E-state index contributed by atoms with van der Waals surface area (Å²) < 4.78 is 0. The van der Waals surface area contributed by atoms with Crippen molar-refractivity contribution in [1.82, 2.24) is 16.0 Å². The van der Waals surface area contributed by atoms with E-state index >= 15 is 0 Å². The molecule has 10 nitrogen and oxygen atoms in total. The lowest BCUT2D eigenvalue weighted by atomic mass is 10.0. The van der Waals surface area contributed by atoms with Gasteiger partial charge in [0, 0.05) is 19.9 Å². The van der Waals surface area contributed by atoms with Crippen LogP contribution in [0.15, 0.2) is 35.3 Å². The Morgan fingerprint density at radius 2 is 1.70 bits per heavy atom. The molecule has 0 heterocycles. The van der Waals surface area contributed by atoms with Gasteiger partial charge in [0.15, 0.2) is 5.96 Å². The third kappa shape index (κ3) is 11.9. The summed E-state index contributed by atoms with van der Waals surface area (Å²) in [5.41, 5.74) is 11.4. The second-order valence-electron chi connectivity index (χ2n) is 7.49. The van der Waals surface area contributed by atoms with Crippen LogP contribution in [0, 0.1) is 0 Å². The number of nitrogens with two attached hydrogens (primary N) is 2. The standard InChI is InChI=1S/C22H34N6O4S/c1-15(30)26-19(13-16-7-4-3-5-8-16)21(32)28-18(10-12-33-2)20(31)27-17(14-29)9-6-11-25-22(23)24/h3-5,7-8,14,17-19H,6,9-13H2,1-2H3,(H,26,30)(H,27,31)(H,28,32)(H4,23,24,25)/t17-,18-,19-/m0/s1. The quantitative estimate of drug-likeness (QED) is 0.0998. The largest absolute Gasteiger partial charge is 0.370 e. The smallest absolute Gasteiger partial charge is 0.243 e. The average molecular weight is 479 g/mol. The summed E-state index contributed by atoms with van der Waals surface area (Å²) in [6, 6.07) is 6.86. The second-order valence-corrected chi connectivity index (χ2v) is 8.47. The first-order valence-electron chi connectivity index (χ1n) is 10.7. The van der Waals surface area contributed by atoms with Crippen LogP contribution in [0.3, 0.4) is 0 Å². The van der Waals surface area contributed by atoms with Crippen LogP contribution in [0.5, 0.6) is 0 Å². The zero-order valence-electron chi connectivity index (χ0n) is 19.1. The number of hydrogen-bond acceptors (Lipinski definition) is 6. The summed E-state index contributed by atoms with van der Waals surface area (Å²) in [6.07, 6.45) is 4.06. The Morgan fingerprint density at radius 3 is 2.27 bits per heavy atom. The van der Waals surface area contributed by atoms with E-state index < -0.39 is 29.9 Å². The molecule has 1 aromatic carbocycles. The number of benzene rings is 1. The molecule has 1 rings (SSSR count). The predicted molar refractivity (Wildman–Crippen MR) is 131 cm³/mol. The molecule has 0 bridgehead atoms. The lowest BCUT2D eigenvalue weighted by Crippen LogP contribution is -2.55. The zero-order valence-corrected chi connectivity index (χ0v) is 19.9. The molecule has 11 heteroatoms. The topological polar surface area (TPSA) is 169 Å². The minimum absolute atomic E-state index is 0.0363. The number of nitrogens with zero attached hydrogens (tertiary/aromatic N) is 1. The Kier molecular flexibility index (Phi) is 13.3. The highest BCUT2D eigenvalue weighted by Crippen LogP contribution is 2.07. The van der Waals surface area contributed by atoms with Gasteiger partial charge in [-0.25, -0.2) is 0 Å². The van der Waals surface area contributed by atoms with Crippen molar-refractivity contribution in [3.8, 4) is 0 Å². The lowest BCUT2D eigenvalue weighted by Gasteiger charge is -2.24. The van der Waals surface area contributed by atoms with Gasteiger partial charge in [-0.1, -0.05) is 30.3 Å². The fourth-order valence-electron chi connectivity index (χ4n) is 3.06. The van der Waals surface area contributed by atoms with Crippen LogP contribution in [-0.4, -0.2) is 66.6 Å². The Hall–Kier alpha value is -3.08. The molecule has 1 aromatic rings. The molecule has 33 heavy (non-hydrogen) atoms. The highest BCUT2D eigenvalue weighted by atomic mass is 32.2. The summed E-state index contributed by atoms with van der Waals surface area (Å²) in [4.78, 5) is 52.7. The van der Waals surface area contributed by atoms with Crippen molar-refractivity contribution >= 4 is 41.7 Å². The maximum Gasteiger partial charge on any atom is 0.243 e. The number of thioether (sulfide) groups is 1. The predicted octanol–water partition coefficient (Wildman–Crippen LogP) is -0.291. The summed E-state index contributed by atoms with van der Waals surface area (Å²) in [5.74, 6) is -0.690. The summed E-state index contributed by atoms with van der Waals surface area (Å²) in [7, 11) is 0. The molecule has 3 amide bonds. The van der Waals surface area contributed by atoms with Gasteiger partial charge < -0.3 is 32.2 Å². The number of hydrogen-bond donors (Lipinski definition) is 5. The Balaban J connectivity index is 2.83. The molecule has 0 saturated heterocycles. The van der Waals surface area contributed by atoms with Gasteiger partial charge in [0.2, 0.25) is 17.7 Å². The van der Waals surface area contributed by atoms with Crippen molar-refractivity contribution in [2.75, 3.05) is 18.6 Å². The van der Waals surface area contributed by atoms with Crippen molar-refractivity contribution in [3.05, 3.63) is 35.9 Å². The molecule has 0 aliphatic rings. The van der Waals surface area contributed by atoms with Crippen LogP contribution >= 0.6 is 11.8 Å². The van der Waals surface area contributed by atoms with Crippen LogP contribution in [0.1, 0.15) is 31.7 Å². The van der Waals surface area contributed by atoms with Gasteiger partial charge in [0.1, 0.15) is 18.4 Å². The Labute approximate surface area is 198 Å². The van der Waals surface area contributed by atoms with E-state index in [1.54, 1.807) is 0 Å². The third-order valence-corrected chi connectivity index (χ3v) is 5.32. The molecule has 7 N–H and O–H groups in total. The highest BCUT2D eigenvalue weighted by molar-refractivity contribution is 7.98. The van der Waals surface area contributed by atoms with Gasteiger partial charge in [-0.2, -0.15) is 11.8 Å². The summed E-state index contributed by atoms with van der Waals surface area (Å²) in [6.45, 7) is 1.67. The summed E-state index contributed by atoms with van der Waals surface area (Å²) in [5, 5.41) is 8.06. The fraction of sp³-hybridized carbons (Fsp3) is 0.500. The number of aliphatic imine (C=N–C) groups is 1. The van der Waals surface area contributed by atoms with Crippen LogP contribution in [0.4, 0.5) is 0 Å². The molecular formula is C22H34N6O4S. The van der Waals surface area contributed by atoms with E-state index in [9.17, 15) is 19.2 Å². The van der Waals surface area contributed by atoms with Crippen LogP contribution < -0.4 is 27.4 Å². The van der Waals surface area contributed by atoms with E-state index in [1.165, 1.54) is 18.7 Å². The van der Waals surface area contributed by atoms with E-state index in [2.05, 4.69) is 20.9 Å². The van der Waals surface area contributed by atoms with E-state index in [-0.39, 0.29) is 18.3 Å². The number of carbonyl (C=O) groups is 4. The Bertz CT molecular complexity index is 801. The SMILES string of the molecule is CSCC[C@H](NC(=O)[C@H](Cc1ccccc1)NC(C)=O)C(=O)N[C@H](C=O)CCCN=C(N)N. The molecule has 0 radical (unpaired) electrons. The van der Waals surface area contributed by atoms with Crippen molar-refractivity contribution < 1.29 is 19.2 Å². The van der Waals surface area contributed by atoms with Crippen LogP contribution in [0.2, 0.25) is 0 Å². The molecule has 0 aromatic heterocycles. The number of aldehydes is 1. The summed E-state index contributed by atoms with van der Waals surface area (Å²) >= 11 is 1.53. The molecule has 0 aliphatic heterocycles. The molecule has 0 aliphatic carbocycles. The second kappa shape index (κ2) is 15.7. The highest BCUT2D eigenvalue weighted by Gasteiger charge is 2.27. The van der Waals surface area contributed by atoms with Gasteiger partial charge in [0.05, 0.1) is 6.04 Å². The minimum Gasteiger partial charge on any atom is -0.370 e. The van der Waals surface area contributed by atoms with Gasteiger partial charge in [-0.15, -0.1) is 0 Å². The number of nitrogens with one attached hydrogen (secondary N) is 3. The molecule has 0 saturated carbocycles. The van der Waals surface area contributed by atoms with Crippen molar-refractivity contribution in [2.24, 2.45) is 16.5 Å². The van der Waals surface area contributed by atoms with Crippen LogP contribution in [-0.2, 0) is 25.6 Å². The maximum atomic E-state index is 13.0. The van der Waals surface area contributed by atoms with Crippen molar-refractivity contribution in [3.63, 3.8) is 0 Å². The van der Waals surface area contributed by atoms with Gasteiger partial charge >= 0.3 is 0 Å². The van der Waals surface area contributed by atoms with E-state index in [1.807, 2.05) is 36.6 Å². The number of amides is 3. The fourth-order valence-corrected chi connectivity index (χ4v) is 3.53. The molecule has 182 valence electrons. The zero-order chi connectivity index (χ0) is 24.6. The van der Waals surface area contributed by atoms with Gasteiger partial charge in [-0.3, -0.25) is 19.4 Å². The first-order chi connectivity index (χ1) is 15.8.